The number of rotatable bonds is 2. The van der Waals surface area contributed by atoms with Crippen LogP contribution in [0.15, 0.2) is 18.3 Å². The van der Waals surface area contributed by atoms with E-state index in [1.807, 2.05) is 4.90 Å². The Labute approximate surface area is 119 Å². The second-order valence-corrected chi connectivity index (χ2v) is 5.04. The molecule has 106 valence electrons. The van der Waals surface area contributed by atoms with Gasteiger partial charge in [-0.25, -0.2) is 4.98 Å². The van der Waals surface area contributed by atoms with Gasteiger partial charge in [0.15, 0.2) is 0 Å². The van der Waals surface area contributed by atoms with Crippen molar-refractivity contribution in [2.24, 2.45) is 5.92 Å². The molecule has 1 amide bonds. The number of hydrogen-bond acceptors (Lipinski definition) is 3. The van der Waals surface area contributed by atoms with E-state index in [0.29, 0.717) is 11.3 Å². The van der Waals surface area contributed by atoms with Crippen molar-refractivity contribution in [2.75, 3.05) is 19.7 Å². The lowest BCUT2D eigenvalue weighted by atomic mass is 9.94. The Morgan fingerprint density at radius 1 is 1.45 bits per heavy atom. The highest BCUT2D eigenvalue weighted by Crippen LogP contribution is 2.20. The second kappa shape index (κ2) is 7.06. The molecule has 0 saturated carbocycles. The van der Waals surface area contributed by atoms with E-state index in [2.05, 4.69) is 23.7 Å². The van der Waals surface area contributed by atoms with Gasteiger partial charge in [0.2, 0.25) is 0 Å². The number of aliphatic hydroxyl groups is 1. The molecule has 1 N–H and O–H groups in total. The number of aromatic nitrogens is 1. The molecule has 4 nitrogen and oxygen atoms in total. The molecule has 0 atom stereocenters. The zero-order valence-corrected chi connectivity index (χ0v) is 11.8. The van der Waals surface area contributed by atoms with Gasteiger partial charge in [0.1, 0.15) is 12.3 Å². The maximum Gasteiger partial charge on any atom is 0.272 e. The molecular weight excluding hydrogens is 252 g/mol. The van der Waals surface area contributed by atoms with E-state index < -0.39 is 0 Å². The highest BCUT2D eigenvalue weighted by atomic mass is 16.2. The van der Waals surface area contributed by atoms with Crippen LogP contribution in [0.25, 0.3) is 0 Å². The fourth-order valence-corrected chi connectivity index (χ4v) is 2.44. The van der Waals surface area contributed by atoms with Gasteiger partial charge in [-0.05, 0) is 30.9 Å². The summed E-state index contributed by atoms with van der Waals surface area (Å²) in [6, 6.07) is 3.47. The molecule has 0 bridgehead atoms. The van der Waals surface area contributed by atoms with Crippen LogP contribution in [0.1, 0.15) is 42.2 Å². The average molecular weight is 272 g/mol. The van der Waals surface area contributed by atoms with E-state index in [-0.39, 0.29) is 12.5 Å². The van der Waals surface area contributed by atoms with Crippen LogP contribution in [0, 0.1) is 17.8 Å². The van der Waals surface area contributed by atoms with Crippen LogP contribution >= 0.6 is 0 Å². The molecule has 0 spiro atoms. The summed E-state index contributed by atoms with van der Waals surface area (Å²) in [5.41, 5.74) is 1.18. The van der Waals surface area contributed by atoms with Crippen molar-refractivity contribution in [3.05, 3.63) is 29.6 Å². The predicted molar refractivity (Wildman–Crippen MR) is 77.1 cm³/mol. The van der Waals surface area contributed by atoms with Crippen LogP contribution in [-0.2, 0) is 0 Å². The summed E-state index contributed by atoms with van der Waals surface area (Å²) in [4.78, 5) is 18.4. The first-order chi connectivity index (χ1) is 9.74. The maximum absolute atomic E-state index is 12.3. The van der Waals surface area contributed by atoms with Crippen LogP contribution in [0.2, 0.25) is 0 Å². The van der Waals surface area contributed by atoms with E-state index in [9.17, 15) is 4.79 Å². The third-order valence-electron chi connectivity index (χ3n) is 3.77. The highest BCUT2D eigenvalue weighted by molar-refractivity contribution is 5.92. The summed E-state index contributed by atoms with van der Waals surface area (Å²) in [5.74, 6) is 6.08. The monoisotopic (exact) mass is 272 g/mol. The minimum atomic E-state index is -0.174. The van der Waals surface area contributed by atoms with E-state index in [0.717, 1.165) is 31.8 Å². The third kappa shape index (κ3) is 3.58. The third-order valence-corrected chi connectivity index (χ3v) is 3.77. The SMILES string of the molecule is CCC1CCN(C(=O)c2ccc(C#CCO)cn2)CC1. The maximum atomic E-state index is 12.3. The van der Waals surface area contributed by atoms with Crippen molar-refractivity contribution in [1.82, 2.24) is 9.88 Å². The Morgan fingerprint density at radius 3 is 2.75 bits per heavy atom. The fraction of sp³-hybridized carbons (Fsp3) is 0.500. The number of piperidine rings is 1. The molecule has 2 heterocycles. The molecule has 1 aliphatic rings. The number of carbonyl (C=O) groups excluding carboxylic acids is 1. The van der Waals surface area contributed by atoms with Gasteiger partial charge in [-0.1, -0.05) is 25.2 Å². The Kier molecular flexibility index (Phi) is 5.14. The molecule has 1 aliphatic heterocycles. The second-order valence-electron chi connectivity index (χ2n) is 5.04. The summed E-state index contributed by atoms with van der Waals surface area (Å²) in [6.45, 7) is 3.68. The number of carbonyl (C=O) groups is 1. The zero-order chi connectivity index (χ0) is 14.4. The lowest BCUT2D eigenvalue weighted by Gasteiger charge is -2.31. The highest BCUT2D eigenvalue weighted by Gasteiger charge is 2.23. The molecular formula is C16H20N2O2. The summed E-state index contributed by atoms with van der Waals surface area (Å²) >= 11 is 0. The number of hydrogen-bond donors (Lipinski definition) is 1. The largest absolute Gasteiger partial charge is 0.384 e. The number of nitrogens with zero attached hydrogens (tertiary/aromatic N) is 2. The molecule has 1 fully saturated rings. The first-order valence-electron chi connectivity index (χ1n) is 7.09. The minimum absolute atomic E-state index is 0.00113. The summed E-state index contributed by atoms with van der Waals surface area (Å²) in [5, 5.41) is 8.63. The van der Waals surface area contributed by atoms with E-state index in [4.69, 9.17) is 5.11 Å². The van der Waals surface area contributed by atoms with Crippen molar-refractivity contribution in [1.29, 1.82) is 0 Å². The number of pyridine rings is 1. The molecule has 1 aromatic heterocycles. The van der Waals surface area contributed by atoms with Crippen molar-refractivity contribution in [3.63, 3.8) is 0 Å². The Morgan fingerprint density at radius 2 is 2.20 bits per heavy atom. The molecule has 20 heavy (non-hydrogen) atoms. The van der Waals surface area contributed by atoms with Gasteiger partial charge in [-0.3, -0.25) is 4.79 Å². The summed E-state index contributed by atoms with van der Waals surface area (Å²) < 4.78 is 0. The molecule has 1 aromatic rings. The first-order valence-corrected chi connectivity index (χ1v) is 7.09. The van der Waals surface area contributed by atoms with Gasteiger partial charge < -0.3 is 10.0 Å². The smallest absolute Gasteiger partial charge is 0.272 e. The molecule has 0 aromatic carbocycles. The minimum Gasteiger partial charge on any atom is -0.384 e. The van der Waals surface area contributed by atoms with Gasteiger partial charge in [0.05, 0.1) is 0 Å². The van der Waals surface area contributed by atoms with E-state index >= 15 is 0 Å². The summed E-state index contributed by atoms with van der Waals surface area (Å²) in [6.07, 6.45) is 4.94. The van der Waals surface area contributed by atoms with Crippen LogP contribution in [-0.4, -0.2) is 40.6 Å². The van der Waals surface area contributed by atoms with E-state index in [1.165, 1.54) is 6.42 Å². The Hall–Kier alpha value is -1.86. The van der Waals surface area contributed by atoms with E-state index in [1.54, 1.807) is 18.3 Å². The van der Waals surface area contributed by atoms with Crippen molar-refractivity contribution < 1.29 is 9.90 Å². The van der Waals surface area contributed by atoms with Gasteiger partial charge in [-0.15, -0.1) is 0 Å². The van der Waals surface area contributed by atoms with Crippen LogP contribution in [0.4, 0.5) is 0 Å². The van der Waals surface area contributed by atoms with Crippen molar-refractivity contribution in [3.8, 4) is 11.8 Å². The first kappa shape index (κ1) is 14.5. The number of likely N-dealkylation sites (tertiary alicyclic amines) is 1. The van der Waals surface area contributed by atoms with Crippen LogP contribution < -0.4 is 0 Å². The molecule has 0 unspecified atom stereocenters. The quantitative estimate of drug-likeness (QED) is 0.834. The average Bonchev–Trinajstić information content (AvgIpc) is 2.53. The topological polar surface area (TPSA) is 53.4 Å². The Bertz CT molecular complexity index is 506. The fourth-order valence-electron chi connectivity index (χ4n) is 2.44. The summed E-state index contributed by atoms with van der Waals surface area (Å²) in [7, 11) is 0. The van der Waals surface area contributed by atoms with Gasteiger partial charge in [0.25, 0.3) is 5.91 Å². The van der Waals surface area contributed by atoms with Crippen molar-refractivity contribution in [2.45, 2.75) is 26.2 Å². The molecule has 2 rings (SSSR count). The lowest BCUT2D eigenvalue weighted by Crippen LogP contribution is -2.38. The van der Waals surface area contributed by atoms with Gasteiger partial charge >= 0.3 is 0 Å². The molecule has 4 heteroatoms. The Balaban J connectivity index is 1.99. The normalized spacial score (nSPS) is 15.6. The van der Waals surface area contributed by atoms with Crippen LogP contribution in [0.5, 0.6) is 0 Å². The standard InChI is InChI=1S/C16H20N2O2/c1-2-13-7-9-18(10-8-13)16(20)15-6-5-14(12-17-15)4-3-11-19/h5-6,12-13,19H,2,7-11H2,1H3. The molecule has 0 radical (unpaired) electrons. The van der Waals surface area contributed by atoms with Gasteiger partial charge in [0, 0.05) is 24.8 Å². The van der Waals surface area contributed by atoms with Gasteiger partial charge in [-0.2, -0.15) is 0 Å². The lowest BCUT2D eigenvalue weighted by molar-refractivity contribution is 0.0683. The van der Waals surface area contributed by atoms with Crippen molar-refractivity contribution >= 4 is 5.91 Å². The molecule has 1 saturated heterocycles. The predicted octanol–water partition coefficient (Wildman–Crippen LogP) is 1.69. The van der Waals surface area contributed by atoms with Crippen LogP contribution in [0.3, 0.4) is 0 Å². The number of aliphatic hydroxyl groups excluding tert-OH is 1. The molecule has 0 aliphatic carbocycles. The number of amides is 1. The zero-order valence-electron chi connectivity index (χ0n) is 11.8.